The van der Waals surface area contributed by atoms with Crippen molar-refractivity contribution in [3.8, 4) is 0 Å². The van der Waals surface area contributed by atoms with E-state index < -0.39 is 16.1 Å². The van der Waals surface area contributed by atoms with Crippen molar-refractivity contribution in [1.29, 1.82) is 0 Å². The Morgan fingerprint density at radius 2 is 1.94 bits per heavy atom. The minimum atomic E-state index is -3.66. The van der Waals surface area contributed by atoms with Gasteiger partial charge in [0.05, 0.1) is 11.1 Å². The molecule has 1 aromatic rings. The molecule has 0 radical (unpaired) electrons. The molecule has 0 spiro atoms. The van der Waals surface area contributed by atoms with Crippen LogP contribution in [0, 0.1) is 5.92 Å². The average molecular weight is 292 g/mol. The summed E-state index contributed by atoms with van der Waals surface area (Å²) < 4.78 is 26.2. The molecule has 1 rings (SSSR count). The lowest BCUT2D eigenvalue weighted by Crippen LogP contribution is -2.33. The average Bonchev–Trinajstić information content (AvgIpc) is 2.26. The maximum atomic E-state index is 11.9. The molecule has 0 saturated heterocycles. The van der Waals surface area contributed by atoms with Gasteiger partial charge < -0.3 is 5.11 Å². The Balaban J connectivity index is 2.69. The van der Waals surface area contributed by atoms with E-state index in [2.05, 4.69) is 4.72 Å². The molecule has 102 valence electrons. The van der Waals surface area contributed by atoms with Crippen molar-refractivity contribution in [2.24, 2.45) is 5.92 Å². The van der Waals surface area contributed by atoms with Crippen molar-refractivity contribution in [2.45, 2.75) is 31.3 Å². The van der Waals surface area contributed by atoms with Gasteiger partial charge in [-0.1, -0.05) is 37.6 Å². The van der Waals surface area contributed by atoms with E-state index in [9.17, 15) is 13.5 Å². The molecular weight excluding hydrogens is 274 g/mol. The van der Waals surface area contributed by atoms with Gasteiger partial charge in [0.15, 0.2) is 0 Å². The Morgan fingerprint density at radius 1 is 1.33 bits per heavy atom. The van der Waals surface area contributed by atoms with E-state index in [-0.39, 0.29) is 16.5 Å². The van der Waals surface area contributed by atoms with Crippen molar-refractivity contribution in [3.05, 3.63) is 29.3 Å². The van der Waals surface area contributed by atoms with Gasteiger partial charge in [0.1, 0.15) is 4.90 Å². The third-order valence-corrected chi connectivity index (χ3v) is 4.30. The van der Waals surface area contributed by atoms with Gasteiger partial charge in [-0.2, -0.15) is 0 Å². The zero-order chi connectivity index (χ0) is 13.8. The fourth-order valence-corrected chi connectivity index (χ4v) is 3.16. The van der Waals surface area contributed by atoms with Gasteiger partial charge in [-0.3, -0.25) is 0 Å². The van der Waals surface area contributed by atoms with Crippen molar-refractivity contribution in [2.75, 3.05) is 6.54 Å². The van der Waals surface area contributed by atoms with E-state index in [1.165, 1.54) is 12.1 Å². The first kappa shape index (κ1) is 15.4. The Labute approximate surface area is 113 Å². The summed E-state index contributed by atoms with van der Waals surface area (Å²) in [7, 11) is -3.66. The maximum absolute atomic E-state index is 11.9. The van der Waals surface area contributed by atoms with Gasteiger partial charge in [0, 0.05) is 6.54 Å². The second-order valence-corrected chi connectivity index (χ2v) is 6.71. The molecular formula is C12H18ClNO3S. The Bertz CT molecular complexity index is 488. The third kappa shape index (κ3) is 4.57. The summed E-state index contributed by atoms with van der Waals surface area (Å²) in [5, 5.41) is 9.81. The lowest BCUT2D eigenvalue weighted by atomic mass is 10.1. The molecule has 0 bridgehead atoms. The largest absolute Gasteiger partial charge is 0.392 e. The second kappa shape index (κ2) is 6.52. The van der Waals surface area contributed by atoms with Crippen LogP contribution >= 0.6 is 11.6 Å². The number of sulfonamides is 1. The number of hydrogen-bond donors (Lipinski definition) is 2. The number of nitrogens with one attached hydrogen (secondary N) is 1. The Kier molecular flexibility index (Phi) is 5.59. The van der Waals surface area contributed by atoms with Gasteiger partial charge in [0.2, 0.25) is 10.0 Å². The van der Waals surface area contributed by atoms with E-state index in [0.717, 1.165) is 0 Å². The smallest absolute Gasteiger partial charge is 0.242 e. The highest BCUT2D eigenvalue weighted by atomic mass is 35.5. The number of benzene rings is 1. The quantitative estimate of drug-likeness (QED) is 0.843. The minimum Gasteiger partial charge on any atom is -0.392 e. The predicted octanol–water partition coefficient (Wildman–Crippen LogP) is 2.03. The lowest BCUT2D eigenvalue weighted by Gasteiger charge is -2.14. The summed E-state index contributed by atoms with van der Waals surface area (Å²) in [5.74, 6) is 0.310. The van der Waals surface area contributed by atoms with Crippen LogP contribution in [0.2, 0.25) is 5.02 Å². The molecule has 0 aliphatic carbocycles. The maximum Gasteiger partial charge on any atom is 0.242 e. The molecule has 0 fully saturated rings. The molecule has 2 N–H and O–H groups in total. The van der Waals surface area contributed by atoms with Crippen LogP contribution in [0.4, 0.5) is 0 Å². The molecule has 1 atom stereocenters. The van der Waals surface area contributed by atoms with E-state index in [0.29, 0.717) is 12.3 Å². The predicted molar refractivity (Wildman–Crippen MR) is 72.1 cm³/mol. The summed E-state index contributed by atoms with van der Waals surface area (Å²) in [6.07, 6.45) is -0.146. The van der Waals surface area contributed by atoms with Crippen molar-refractivity contribution >= 4 is 21.6 Å². The van der Waals surface area contributed by atoms with Crippen molar-refractivity contribution in [3.63, 3.8) is 0 Å². The number of aliphatic hydroxyl groups excluding tert-OH is 1. The SMILES string of the molecule is CC(C)CC(O)CNS(=O)(=O)c1ccccc1Cl. The van der Waals surface area contributed by atoms with Crippen LogP contribution < -0.4 is 4.72 Å². The van der Waals surface area contributed by atoms with Crippen LogP contribution in [0.25, 0.3) is 0 Å². The van der Waals surface area contributed by atoms with Crippen LogP contribution in [0.15, 0.2) is 29.2 Å². The second-order valence-electron chi connectivity index (χ2n) is 4.57. The Hall–Kier alpha value is -0.620. The standard InChI is InChI=1S/C12H18ClNO3S/c1-9(2)7-10(15)8-14-18(16,17)12-6-4-3-5-11(12)13/h3-6,9-10,14-15H,7-8H2,1-2H3. The summed E-state index contributed by atoms with van der Waals surface area (Å²) in [4.78, 5) is 0.0309. The number of halogens is 1. The molecule has 0 aliphatic heterocycles. The summed E-state index contributed by atoms with van der Waals surface area (Å²) >= 11 is 5.83. The molecule has 0 heterocycles. The lowest BCUT2D eigenvalue weighted by molar-refractivity contribution is 0.152. The van der Waals surface area contributed by atoms with Crippen LogP contribution in [0.3, 0.4) is 0 Å². The molecule has 0 aliphatic rings. The molecule has 4 nitrogen and oxygen atoms in total. The molecule has 1 unspecified atom stereocenters. The number of rotatable bonds is 6. The number of hydrogen-bond acceptors (Lipinski definition) is 3. The van der Waals surface area contributed by atoms with Crippen LogP contribution in [0.5, 0.6) is 0 Å². The molecule has 0 aromatic heterocycles. The van der Waals surface area contributed by atoms with Crippen molar-refractivity contribution < 1.29 is 13.5 Å². The van der Waals surface area contributed by atoms with E-state index in [1.807, 2.05) is 13.8 Å². The zero-order valence-corrected chi connectivity index (χ0v) is 12.0. The fraction of sp³-hybridized carbons (Fsp3) is 0.500. The molecule has 6 heteroatoms. The highest BCUT2D eigenvalue weighted by molar-refractivity contribution is 7.89. The first-order chi connectivity index (χ1) is 8.33. The van der Waals surface area contributed by atoms with Crippen LogP contribution in [-0.4, -0.2) is 26.2 Å². The molecule has 0 amide bonds. The highest BCUT2D eigenvalue weighted by Crippen LogP contribution is 2.20. The van der Waals surface area contributed by atoms with Gasteiger partial charge >= 0.3 is 0 Å². The summed E-state index contributed by atoms with van der Waals surface area (Å²) in [6.45, 7) is 3.92. The van der Waals surface area contributed by atoms with Crippen molar-refractivity contribution in [1.82, 2.24) is 4.72 Å². The van der Waals surface area contributed by atoms with E-state index in [4.69, 9.17) is 11.6 Å². The van der Waals surface area contributed by atoms with Gasteiger partial charge in [0.25, 0.3) is 0 Å². The topological polar surface area (TPSA) is 66.4 Å². The minimum absolute atomic E-state index is 0.00820. The van der Waals surface area contributed by atoms with Gasteiger partial charge in [-0.05, 0) is 24.5 Å². The van der Waals surface area contributed by atoms with E-state index in [1.54, 1.807) is 12.1 Å². The zero-order valence-electron chi connectivity index (χ0n) is 10.4. The number of aliphatic hydroxyl groups is 1. The van der Waals surface area contributed by atoms with Gasteiger partial charge in [-0.15, -0.1) is 0 Å². The summed E-state index contributed by atoms with van der Waals surface area (Å²) in [5.41, 5.74) is 0. The monoisotopic (exact) mass is 291 g/mol. The first-order valence-corrected chi connectivity index (χ1v) is 7.61. The van der Waals surface area contributed by atoms with Gasteiger partial charge in [-0.25, -0.2) is 13.1 Å². The molecule has 0 saturated carbocycles. The molecule has 1 aromatic carbocycles. The van der Waals surface area contributed by atoms with E-state index >= 15 is 0 Å². The normalized spacial score (nSPS) is 13.8. The van der Waals surface area contributed by atoms with Crippen LogP contribution in [-0.2, 0) is 10.0 Å². The van der Waals surface area contributed by atoms with Crippen LogP contribution in [0.1, 0.15) is 20.3 Å². The fourth-order valence-electron chi connectivity index (χ4n) is 1.57. The Morgan fingerprint density at radius 3 is 2.50 bits per heavy atom. The summed E-state index contributed by atoms with van der Waals surface area (Å²) in [6, 6.07) is 6.21. The first-order valence-electron chi connectivity index (χ1n) is 5.75. The molecule has 18 heavy (non-hydrogen) atoms. The third-order valence-electron chi connectivity index (χ3n) is 2.38. The highest BCUT2D eigenvalue weighted by Gasteiger charge is 2.18.